The van der Waals surface area contributed by atoms with E-state index in [9.17, 15) is 4.79 Å². The van der Waals surface area contributed by atoms with Crippen LogP contribution in [-0.4, -0.2) is 22.9 Å². The second-order valence-electron chi connectivity index (χ2n) is 3.84. The van der Waals surface area contributed by atoms with E-state index in [1.807, 2.05) is 12.1 Å². The van der Waals surface area contributed by atoms with Crippen LogP contribution in [0.15, 0.2) is 36.8 Å². The molecule has 0 fully saturated rings. The number of hydrogen-bond donors (Lipinski definition) is 2. The molecule has 2 aromatic rings. The number of anilines is 1. The lowest BCUT2D eigenvalue weighted by Gasteiger charge is -2.08. The first-order valence-corrected chi connectivity index (χ1v) is 6.09. The second-order valence-corrected chi connectivity index (χ2v) is 4.24. The number of hydrogen-bond acceptors (Lipinski definition) is 4. The largest absolute Gasteiger partial charge is 0.373 e. The highest BCUT2D eigenvalue weighted by Crippen LogP contribution is 2.17. The highest BCUT2D eigenvalue weighted by molar-refractivity contribution is 6.33. The summed E-state index contributed by atoms with van der Waals surface area (Å²) < 4.78 is 0. The molecule has 0 bridgehead atoms. The van der Waals surface area contributed by atoms with E-state index in [2.05, 4.69) is 20.6 Å². The van der Waals surface area contributed by atoms with Crippen molar-refractivity contribution in [2.75, 3.05) is 12.4 Å². The van der Waals surface area contributed by atoms with Crippen LogP contribution in [0.2, 0.25) is 5.02 Å². The van der Waals surface area contributed by atoms with Gasteiger partial charge in [0.1, 0.15) is 5.82 Å². The Morgan fingerprint density at radius 1 is 1.37 bits per heavy atom. The summed E-state index contributed by atoms with van der Waals surface area (Å²) >= 11 is 5.97. The first kappa shape index (κ1) is 13.3. The van der Waals surface area contributed by atoms with Crippen LogP contribution in [0.1, 0.15) is 15.9 Å². The molecule has 0 saturated carbocycles. The Bertz CT molecular complexity index is 574. The highest BCUT2D eigenvalue weighted by atomic mass is 35.5. The van der Waals surface area contributed by atoms with Gasteiger partial charge in [-0.15, -0.1) is 0 Å². The van der Waals surface area contributed by atoms with Crippen LogP contribution in [0, 0.1) is 0 Å². The van der Waals surface area contributed by atoms with Gasteiger partial charge in [0.2, 0.25) is 0 Å². The number of carbonyl (C=O) groups excluding carboxylic acids is 1. The predicted octanol–water partition coefficient (Wildman–Crippen LogP) is 2.10. The Kier molecular flexibility index (Phi) is 4.30. The highest BCUT2D eigenvalue weighted by Gasteiger charge is 2.11. The van der Waals surface area contributed by atoms with Gasteiger partial charge in [0, 0.05) is 32.2 Å². The standard InChI is InChI=1S/C13H13ClN4O/c1-15-12-6-10(11(14)8-17-12)13(19)18-7-9-2-4-16-5-3-9/h2-6,8H,7H2,1H3,(H,15,17)(H,18,19). The van der Waals surface area contributed by atoms with Crippen LogP contribution in [0.3, 0.4) is 0 Å². The number of carbonyl (C=O) groups is 1. The van der Waals surface area contributed by atoms with Gasteiger partial charge in [-0.05, 0) is 23.8 Å². The normalized spacial score (nSPS) is 10.0. The molecule has 0 aliphatic heterocycles. The molecule has 0 aliphatic carbocycles. The lowest BCUT2D eigenvalue weighted by Crippen LogP contribution is -2.23. The number of aromatic nitrogens is 2. The Balaban J connectivity index is 2.08. The molecule has 6 heteroatoms. The van der Waals surface area contributed by atoms with Gasteiger partial charge in [0.15, 0.2) is 0 Å². The molecule has 0 spiro atoms. The van der Waals surface area contributed by atoms with E-state index >= 15 is 0 Å². The van der Waals surface area contributed by atoms with Crippen molar-refractivity contribution in [2.45, 2.75) is 6.54 Å². The average Bonchev–Trinajstić information content (AvgIpc) is 2.46. The van der Waals surface area contributed by atoms with Gasteiger partial charge >= 0.3 is 0 Å². The number of halogens is 1. The average molecular weight is 277 g/mol. The minimum Gasteiger partial charge on any atom is -0.373 e. The lowest BCUT2D eigenvalue weighted by atomic mass is 10.2. The van der Waals surface area contributed by atoms with Crippen LogP contribution in [0.25, 0.3) is 0 Å². The molecular formula is C13H13ClN4O. The summed E-state index contributed by atoms with van der Waals surface area (Å²) in [6.07, 6.45) is 4.81. The molecule has 0 saturated heterocycles. The maximum atomic E-state index is 12.0. The third kappa shape index (κ3) is 3.42. The van der Waals surface area contributed by atoms with E-state index in [0.717, 1.165) is 5.56 Å². The van der Waals surface area contributed by atoms with Crippen molar-refractivity contribution in [3.05, 3.63) is 52.9 Å². The summed E-state index contributed by atoms with van der Waals surface area (Å²) in [7, 11) is 1.73. The molecule has 2 aromatic heterocycles. The number of nitrogens with one attached hydrogen (secondary N) is 2. The zero-order chi connectivity index (χ0) is 13.7. The van der Waals surface area contributed by atoms with Crippen molar-refractivity contribution in [1.82, 2.24) is 15.3 Å². The van der Waals surface area contributed by atoms with E-state index in [1.54, 1.807) is 25.5 Å². The van der Waals surface area contributed by atoms with E-state index in [4.69, 9.17) is 11.6 Å². The topological polar surface area (TPSA) is 66.9 Å². The number of nitrogens with zero attached hydrogens (tertiary/aromatic N) is 2. The van der Waals surface area contributed by atoms with E-state index < -0.39 is 0 Å². The van der Waals surface area contributed by atoms with Crippen LogP contribution in [0.5, 0.6) is 0 Å². The van der Waals surface area contributed by atoms with E-state index in [1.165, 1.54) is 6.20 Å². The monoisotopic (exact) mass is 276 g/mol. The van der Waals surface area contributed by atoms with Gasteiger partial charge in [-0.1, -0.05) is 11.6 Å². The van der Waals surface area contributed by atoms with Crippen LogP contribution < -0.4 is 10.6 Å². The van der Waals surface area contributed by atoms with E-state index in [0.29, 0.717) is 22.9 Å². The molecule has 2 heterocycles. The summed E-state index contributed by atoms with van der Waals surface area (Å²) in [5.41, 5.74) is 1.37. The van der Waals surface area contributed by atoms with Gasteiger partial charge in [-0.2, -0.15) is 0 Å². The zero-order valence-corrected chi connectivity index (χ0v) is 11.1. The molecule has 2 N–H and O–H groups in total. The smallest absolute Gasteiger partial charge is 0.253 e. The number of rotatable bonds is 4. The first-order chi connectivity index (χ1) is 9.20. The van der Waals surface area contributed by atoms with Crippen molar-refractivity contribution < 1.29 is 4.79 Å². The van der Waals surface area contributed by atoms with Gasteiger partial charge in [0.05, 0.1) is 10.6 Å². The summed E-state index contributed by atoms with van der Waals surface area (Å²) in [6, 6.07) is 5.30. The molecule has 0 aromatic carbocycles. The summed E-state index contributed by atoms with van der Waals surface area (Å²) in [4.78, 5) is 20.0. The SMILES string of the molecule is CNc1cc(C(=O)NCc2ccncc2)c(Cl)cn1. The molecule has 19 heavy (non-hydrogen) atoms. The Morgan fingerprint density at radius 3 is 2.79 bits per heavy atom. The zero-order valence-electron chi connectivity index (χ0n) is 10.4. The molecule has 0 aliphatic rings. The molecule has 98 valence electrons. The third-order valence-electron chi connectivity index (χ3n) is 2.56. The van der Waals surface area contributed by atoms with Crippen molar-refractivity contribution in [2.24, 2.45) is 0 Å². The maximum absolute atomic E-state index is 12.0. The Morgan fingerprint density at radius 2 is 2.11 bits per heavy atom. The van der Waals surface area contributed by atoms with Gasteiger partial charge < -0.3 is 10.6 Å². The van der Waals surface area contributed by atoms with Crippen LogP contribution in [-0.2, 0) is 6.54 Å². The molecule has 0 radical (unpaired) electrons. The number of pyridine rings is 2. The fraction of sp³-hybridized carbons (Fsp3) is 0.154. The predicted molar refractivity (Wildman–Crippen MR) is 74.2 cm³/mol. The fourth-order valence-corrected chi connectivity index (χ4v) is 1.72. The quantitative estimate of drug-likeness (QED) is 0.897. The summed E-state index contributed by atoms with van der Waals surface area (Å²) in [5.74, 6) is 0.360. The molecule has 0 atom stereocenters. The minimum absolute atomic E-state index is 0.235. The van der Waals surface area contributed by atoms with E-state index in [-0.39, 0.29) is 5.91 Å². The third-order valence-corrected chi connectivity index (χ3v) is 2.86. The van der Waals surface area contributed by atoms with Gasteiger partial charge in [0.25, 0.3) is 5.91 Å². The molecule has 5 nitrogen and oxygen atoms in total. The minimum atomic E-state index is -0.235. The lowest BCUT2D eigenvalue weighted by molar-refractivity contribution is 0.0951. The maximum Gasteiger partial charge on any atom is 0.253 e. The first-order valence-electron chi connectivity index (χ1n) is 5.71. The number of amides is 1. The molecule has 1 amide bonds. The molecular weight excluding hydrogens is 264 g/mol. The van der Waals surface area contributed by atoms with Crippen molar-refractivity contribution in [3.63, 3.8) is 0 Å². The Labute approximate surface area is 116 Å². The summed E-state index contributed by atoms with van der Waals surface area (Å²) in [5, 5.41) is 5.99. The van der Waals surface area contributed by atoms with Crippen molar-refractivity contribution in [3.8, 4) is 0 Å². The van der Waals surface area contributed by atoms with Gasteiger partial charge in [-0.25, -0.2) is 4.98 Å². The Hall–Kier alpha value is -2.14. The fourth-order valence-electron chi connectivity index (χ4n) is 1.53. The molecule has 0 unspecified atom stereocenters. The summed E-state index contributed by atoms with van der Waals surface area (Å²) in [6.45, 7) is 0.425. The molecule has 2 rings (SSSR count). The van der Waals surface area contributed by atoms with Crippen LogP contribution in [0.4, 0.5) is 5.82 Å². The second kappa shape index (κ2) is 6.15. The van der Waals surface area contributed by atoms with Crippen LogP contribution >= 0.6 is 11.6 Å². The van der Waals surface area contributed by atoms with Crippen molar-refractivity contribution >= 4 is 23.3 Å². The van der Waals surface area contributed by atoms with Crippen molar-refractivity contribution in [1.29, 1.82) is 0 Å². The van der Waals surface area contributed by atoms with Gasteiger partial charge in [-0.3, -0.25) is 9.78 Å².